The average Bonchev–Trinajstić information content (AvgIpc) is 2.70. The first-order chi connectivity index (χ1) is 13.2. The van der Waals surface area contributed by atoms with Crippen molar-refractivity contribution >= 4 is 5.91 Å². The van der Waals surface area contributed by atoms with E-state index in [1.165, 1.54) is 12.1 Å². The molecule has 2 aromatic carbocycles. The molecule has 1 aliphatic heterocycles. The number of hydrogen-bond acceptors (Lipinski definition) is 4. The second kappa shape index (κ2) is 9.48. The molecule has 1 heterocycles. The van der Waals surface area contributed by atoms with Crippen molar-refractivity contribution in [1.29, 1.82) is 0 Å². The van der Waals surface area contributed by atoms with Crippen LogP contribution in [0.4, 0.5) is 4.39 Å². The number of rotatable bonds is 7. The van der Waals surface area contributed by atoms with Crippen LogP contribution in [0.15, 0.2) is 48.5 Å². The Hall–Kier alpha value is -2.44. The fraction of sp³-hybridized carbons (Fsp3) is 0.381. The Morgan fingerprint density at radius 3 is 2.56 bits per heavy atom. The van der Waals surface area contributed by atoms with E-state index in [4.69, 9.17) is 9.47 Å². The van der Waals surface area contributed by atoms with Crippen LogP contribution in [-0.2, 0) is 4.74 Å². The number of nitrogens with one attached hydrogen (secondary N) is 1. The van der Waals surface area contributed by atoms with Crippen LogP contribution in [0, 0.1) is 5.82 Å². The number of amides is 1. The Balaban J connectivity index is 1.73. The number of carbonyl (C=O) groups excluding carboxylic acids is 1. The summed E-state index contributed by atoms with van der Waals surface area (Å²) in [5.41, 5.74) is 1.14. The summed E-state index contributed by atoms with van der Waals surface area (Å²) in [6, 6.07) is 13.9. The minimum absolute atomic E-state index is 0.0136. The lowest BCUT2D eigenvalue weighted by Crippen LogP contribution is -2.43. The van der Waals surface area contributed by atoms with Gasteiger partial charge < -0.3 is 14.8 Å². The number of hydrogen-bond donors (Lipinski definition) is 1. The minimum atomic E-state index is -0.515. The summed E-state index contributed by atoms with van der Waals surface area (Å²) < 4.78 is 24.8. The SMILES string of the molecule is CCOc1ccc(C(CNC(=O)c2ccccc2F)N2CCOCC2)cc1. The van der Waals surface area contributed by atoms with Crippen LogP contribution in [0.2, 0.25) is 0 Å². The zero-order chi connectivity index (χ0) is 19.1. The molecule has 0 bridgehead atoms. The Bertz CT molecular complexity index is 745. The molecule has 1 fully saturated rings. The molecule has 144 valence electrons. The van der Waals surface area contributed by atoms with Crippen LogP contribution >= 0.6 is 0 Å². The van der Waals surface area contributed by atoms with Gasteiger partial charge in [0.1, 0.15) is 11.6 Å². The number of benzene rings is 2. The smallest absolute Gasteiger partial charge is 0.254 e. The number of carbonyl (C=O) groups is 1. The van der Waals surface area contributed by atoms with E-state index in [1.807, 2.05) is 31.2 Å². The fourth-order valence-electron chi connectivity index (χ4n) is 3.23. The highest BCUT2D eigenvalue weighted by molar-refractivity contribution is 5.94. The third-order valence-corrected chi connectivity index (χ3v) is 4.64. The molecular weight excluding hydrogens is 347 g/mol. The van der Waals surface area contributed by atoms with Gasteiger partial charge in [0, 0.05) is 19.6 Å². The first-order valence-corrected chi connectivity index (χ1v) is 9.26. The van der Waals surface area contributed by atoms with Crippen LogP contribution in [-0.4, -0.2) is 50.3 Å². The van der Waals surface area contributed by atoms with Gasteiger partial charge in [0.05, 0.1) is 31.4 Å². The molecule has 0 radical (unpaired) electrons. The van der Waals surface area contributed by atoms with E-state index >= 15 is 0 Å². The molecule has 27 heavy (non-hydrogen) atoms. The normalized spacial score (nSPS) is 15.9. The molecule has 1 amide bonds. The van der Waals surface area contributed by atoms with Gasteiger partial charge in [0.25, 0.3) is 5.91 Å². The maximum atomic E-state index is 13.9. The molecule has 1 N–H and O–H groups in total. The molecule has 0 aromatic heterocycles. The van der Waals surface area contributed by atoms with Gasteiger partial charge in [-0.1, -0.05) is 24.3 Å². The van der Waals surface area contributed by atoms with Crippen LogP contribution < -0.4 is 10.1 Å². The van der Waals surface area contributed by atoms with E-state index in [0.717, 1.165) is 24.4 Å². The van der Waals surface area contributed by atoms with E-state index in [1.54, 1.807) is 12.1 Å². The molecule has 3 rings (SSSR count). The van der Waals surface area contributed by atoms with Gasteiger partial charge in [-0.2, -0.15) is 0 Å². The molecule has 1 saturated heterocycles. The molecule has 1 unspecified atom stereocenters. The van der Waals surface area contributed by atoms with Crippen LogP contribution in [0.1, 0.15) is 28.9 Å². The Morgan fingerprint density at radius 2 is 1.89 bits per heavy atom. The summed E-state index contributed by atoms with van der Waals surface area (Å²) >= 11 is 0. The molecule has 1 atom stereocenters. The van der Waals surface area contributed by atoms with Crippen molar-refractivity contribution in [3.05, 3.63) is 65.5 Å². The lowest BCUT2D eigenvalue weighted by Gasteiger charge is -2.35. The maximum Gasteiger partial charge on any atom is 0.254 e. The van der Waals surface area contributed by atoms with Gasteiger partial charge in [-0.15, -0.1) is 0 Å². The summed E-state index contributed by atoms with van der Waals surface area (Å²) in [5, 5.41) is 2.88. The molecule has 1 aliphatic rings. The van der Waals surface area contributed by atoms with Crippen molar-refractivity contribution < 1.29 is 18.7 Å². The van der Waals surface area contributed by atoms with Crippen molar-refractivity contribution in [2.45, 2.75) is 13.0 Å². The lowest BCUT2D eigenvalue weighted by atomic mass is 10.0. The largest absolute Gasteiger partial charge is 0.494 e. The third kappa shape index (κ3) is 5.05. The Morgan fingerprint density at radius 1 is 1.19 bits per heavy atom. The zero-order valence-electron chi connectivity index (χ0n) is 15.5. The summed E-state index contributed by atoms with van der Waals surface area (Å²) in [4.78, 5) is 14.7. The topological polar surface area (TPSA) is 50.8 Å². The van der Waals surface area contributed by atoms with Crippen molar-refractivity contribution in [2.75, 3.05) is 39.5 Å². The predicted octanol–water partition coefficient (Wildman–Crippen LogP) is 3.03. The zero-order valence-corrected chi connectivity index (χ0v) is 15.5. The van der Waals surface area contributed by atoms with E-state index in [-0.39, 0.29) is 11.6 Å². The van der Waals surface area contributed by atoms with Crippen molar-refractivity contribution in [1.82, 2.24) is 10.2 Å². The molecule has 0 saturated carbocycles. The fourth-order valence-corrected chi connectivity index (χ4v) is 3.23. The molecular formula is C21H25FN2O3. The summed E-state index contributed by atoms with van der Waals surface area (Å²) in [6.45, 7) is 5.85. The van der Waals surface area contributed by atoms with E-state index in [2.05, 4.69) is 10.2 Å². The molecule has 6 heteroatoms. The van der Waals surface area contributed by atoms with Gasteiger partial charge in [-0.3, -0.25) is 9.69 Å². The first kappa shape index (κ1) is 19.3. The van der Waals surface area contributed by atoms with Gasteiger partial charge in [-0.25, -0.2) is 4.39 Å². The van der Waals surface area contributed by atoms with E-state index in [9.17, 15) is 9.18 Å². The van der Waals surface area contributed by atoms with Gasteiger partial charge in [0.2, 0.25) is 0 Å². The second-order valence-electron chi connectivity index (χ2n) is 6.36. The number of morpholine rings is 1. The third-order valence-electron chi connectivity index (χ3n) is 4.64. The summed E-state index contributed by atoms with van der Waals surface area (Å²) in [5.74, 6) is -0.103. The van der Waals surface area contributed by atoms with Crippen molar-refractivity contribution in [2.24, 2.45) is 0 Å². The van der Waals surface area contributed by atoms with Crippen LogP contribution in [0.25, 0.3) is 0 Å². The monoisotopic (exact) mass is 372 g/mol. The number of ether oxygens (including phenoxy) is 2. The Labute approximate surface area is 159 Å². The number of nitrogens with zero attached hydrogens (tertiary/aromatic N) is 1. The minimum Gasteiger partial charge on any atom is -0.494 e. The average molecular weight is 372 g/mol. The highest BCUT2D eigenvalue weighted by Gasteiger charge is 2.24. The standard InChI is InChI=1S/C21H25FN2O3/c1-2-27-17-9-7-16(8-10-17)20(24-11-13-26-14-12-24)15-23-21(25)18-5-3-4-6-19(18)22/h3-10,20H,2,11-15H2,1H3,(H,23,25). The first-order valence-electron chi connectivity index (χ1n) is 9.26. The highest BCUT2D eigenvalue weighted by Crippen LogP contribution is 2.24. The lowest BCUT2D eigenvalue weighted by molar-refractivity contribution is 0.0162. The van der Waals surface area contributed by atoms with Gasteiger partial charge in [-0.05, 0) is 36.8 Å². The van der Waals surface area contributed by atoms with Crippen LogP contribution in [0.3, 0.4) is 0 Å². The van der Waals surface area contributed by atoms with E-state index in [0.29, 0.717) is 26.4 Å². The second-order valence-corrected chi connectivity index (χ2v) is 6.36. The molecule has 2 aromatic rings. The summed E-state index contributed by atoms with van der Waals surface area (Å²) in [7, 11) is 0. The van der Waals surface area contributed by atoms with Crippen molar-refractivity contribution in [3.63, 3.8) is 0 Å². The summed E-state index contributed by atoms with van der Waals surface area (Å²) in [6.07, 6.45) is 0. The molecule has 5 nitrogen and oxygen atoms in total. The number of halogens is 1. The maximum absolute atomic E-state index is 13.9. The highest BCUT2D eigenvalue weighted by atomic mass is 19.1. The van der Waals surface area contributed by atoms with Gasteiger partial charge in [0.15, 0.2) is 0 Å². The van der Waals surface area contributed by atoms with Crippen molar-refractivity contribution in [3.8, 4) is 5.75 Å². The predicted molar refractivity (Wildman–Crippen MR) is 101 cm³/mol. The molecule has 0 spiro atoms. The molecule has 0 aliphatic carbocycles. The quantitative estimate of drug-likeness (QED) is 0.812. The Kier molecular flexibility index (Phi) is 6.79. The van der Waals surface area contributed by atoms with Gasteiger partial charge >= 0.3 is 0 Å². The van der Waals surface area contributed by atoms with E-state index < -0.39 is 11.7 Å². The van der Waals surface area contributed by atoms with Crippen LogP contribution in [0.5, 0.6) is 5.75 Å².